The summed E-state index contributed by atoms with van der Waals surface area (Å²) in [6.45, 7) is 10.4. The highest BCUT2D eigenvalue weighted by atomic mass is 16.5. The van der Waals surface area contributed by atoms with Crippen LogP contribution >= 0.6 is 0 Å². The molecule has 0 fully saturated rings. The van der Waals surface area contributed by atoms with Gasteiger partial charge in [0.05, 0.1) is 6.10 Å². The Kier molecular flexibility index (Phi) is 12.2. The molecule has 0 aromatic rings. The molecule has 0 rings (SSSR count). The summed E-state index contributed by atoms with van der Waals surface area (Å²) in [5.74, 6) is 1.27. The number of hydrogen-bond donors (Lipinski definition) is 0. The van der Waals surface area contributed by atoms with E-state index in [1.54, 1.807) is 0 Å². The lowest BCUT2D eigenvalue weighted by Gasteiger charge is -2.14. The summed E-state index contributed by atoms with van der Waals surface area (Å²) in [7, 11) is 0. The quantitative estimate of drug-likeness (QED) is 0.674. The third kappa shape index (κ3) is 17.5. The smallest absolute Gasteiger partial charge is 0.373 e. The number of ether oxygens (including phenoxy) is 1. The maximum atomic E-state index is 11.2. The third-order valence-electron chi connectivity index (χ3n) is 2.08. The predicted molar refractivity (Wildman–Crippen MR) is 64.1 cm³/mol. The van der Waals surface area contributed by atoms with Crippen molar-refractivity contribution in [2.24, 2.45) is 11.8 Å². The second-order valence-electron chi connectivity index (χ2n) is 4.90. The van der Waals surface area contributed by atoms with Crippen molar-refractivity contribution < 1.29 is 19.1 Å². The molecule has 4 nitrogen and oxygen atoms in total. The van der Waals surface area contributed by atoms with Crippen molar-refractivity contribution in [3.05, 3.63) is 0 Å². The summed E-state index contributed by atoms with van der Waals surface area (Å²) in [5.41, 5.74) is 0. The molecule has 0 saturated carbocycles. The molecule has 0 aromatic heterocycles. The molecule has 0 spiro atoms. The lowest BCUT2D eigenvalue weighted by atomic mass is 9.95. The van der Waals surface area contributed by atoms with Crippen molar-refractivity contribution in [1.82, 2.24) is 0 Å². The van der Waals surface area contributed by atoms with Crippen LogP contribution in [0.3, 0.4) is 0 Å². The van der Waals surface area contributed by atoms with E-state index in [4.69, 9.17) is 14.3 Å². The van der Waals surface area contributed by atoms with Crippen LogP contribution in [0, 0.1) is 11.8 Å². The fraction of sp³-hybridized carbons (Fsp3) is 0.846. The molecule has 0 amide bonds. The van der Waals surface area contributed by atoms with Crippen LogP contribution in [0.15, 0.2) is 0 Å². The van der Waals surface area contributed by atoms with Crippen LogP contribution in [0.1, 0.15) is 53.9 Å². The van der Waals surface area contributed by atoms with Gasteiger partial charge in [0, 0.05) is 6.42 Å². The van der Waals surface area contributed by atoms with Gasteiger partial charge in [0.1, 0.15) is 0 Å². The molecule has 0 saturated heterocycles. The number of carbonyl (C=O) groups is 1. The van der Waals surface area contributed by atoms with Crippen LogP contribution in [0.25, 0.3) is 0 Å². The molecule has 0 aliphatic carbocycles. The van der Waals surface area contributed by atoms with Crippen LogP contribution in [0.2, 0.25) is 0 Å². The van der Waals surface area contributed by atoms with Gasteiger partial charge in [0.2, 0.25) is 0 Å². The minimum Gasteiger partial charge on any atom is -0.463 e. The first-order chi connectivity index (χ1) is 7.83. The van der Waals surface area contributed by atoms with E-state index < -0.39 is 0 Å². The van der Waals surface area contributed by atoms with Gasteiger partial charge in [-0.15, -0.1) is 0 Å². The first kappa shape index (κ1) is 18.2. The fourth-order valence-corrected chi connectivity index (χ4v) is 1.61. The molecule has 1 atom stereocenters. The van der Waals surface area contributed by atoms with Crippen molar-refractivity contribution in [1.29, 1.82) is 0 Å². The van der Waals surface area contributed by atoms with Crippen molar-refractivity contribution in [3.63, 3.8) is 0 Å². The minimum atomic E-state index is -0.0596. The van der Waals surface area contributed by atoms with Gasteiger partial charge in [-0.2, -0.15) is 9.59 Å². The molecule has 4 heteroatoms. The minimum absolute atomic E-state index is 0.0166. The molecule has 0 bridgehead atoms. The topological polar surface area (TPSA) is 60.4 Å². The first-order valence-electron chi connectivity index (χ1n) is 6.02. The van der Waals surface area contributed by atoms with Gasteiger partial charge < -0.3 is 4.74 Å². The van der Waals surface area contributed by atoms with Gasteiger partial charge in [-0.05, 0) is 38.5 Å². The zero-order chi connectivity index (χ0) is 13.8. The standard InChI is InChI=1S/C12H24O2.CO2/c1-9(2)8-11(5)6-7-12(13)14-10(3)4;2-1-3/h9-11H,6-8H2,1-5H3;. The number of rotatable bonds is 6. The van der Waals surface area contributed by atoms with E-state index in [0.717, 1.165) is 6.42 Å². The zero-order valence-electron chi connectivity index (χ0n) is 11.5. The molecule has 0 heterocycles. The number of carbonyl (C=O) groups excluding carboxylic acids is 3. The molecule has 0 aliphatic heterocycles. The van der Waals surface area contributed by atoms with E-state index in [-0.39, 0.29) is 18.2 Å². The molecule has 100 valence electrons. The van der Waals surface area contributed by atoms with E-state index in [1.807, 2.05) is 13.8 Å². The van der Waals surface area contributed by atoms with E-state index in [2.05, 4.69) is 20.8 Å². The van der Waals surface area contributed by atoms with Crippen molar-refractivity contribution in [2.45, 2.75) is 60.0 Å². The fourth-order valence-electron chi connectivity index (χ4n) is 1.61. The van der Waals surface area contributed by atoms with Crippen LogP contribution < -0.4 is 0 Å². The van der Waals surface area contributed by atoms with Crippen molar-refractivity contribution >= 4 is 12.1 Å². The third-order valence-corrected chi connectivity index (χ3v) is 2.08. The normalized spacial score (nSPS) is 11.5. The number of esters is 1. The molecule has 0 radical (unpaired) electrons. The SMILES string of the molecule is CC(C)CC(C)CCC(=O)OC(C)C.O=C=O. The average Bonchev–Trinajstić information content (AvgIpc) is 2.14. The summed E-state index contributed by atoms with van der Waals surface area (Å²) in [6, 6.07) is 0. The molecule has 0 aromatic carbocycles. The van der Waals surface area contributed by atoms with Crippen LogP contribution in [0.5, 0.6) is 0 Å². The van der Waals surface area contributed by atoms with Crippen LogP contribution in [-0.2, 0) is 19.1 Å². The summed E-state index contributed by atoms with van der Waals surface area (Å²) in [5, 5.41) is 0. The first-order valence-corrected chi connectivity index (χ1v) is 6.02. The zero-order valence-corrected chi connectivity index (χ0v) is 11.5. The van der Waals surface area contributed by atoms with Gasteiger partial charge in [0.15, 0.2) is 0 Å². The molecule has 0 aliphatic rings. The Balaban J connectivity index is 0. The van der Waals surface area contributed by atoms with Crippen molar-refractivity contribution in [3.8, 4) is 0 Å². The van der Waals surface area contributed by atoms with E-state index in [0.29, 0.717) is 18.3 Å². The Labute approximate surface area is 104 Å². The maximum absolute atomic E-state index is 11.2. The molecular formula is C13H24O4. The Morgan fingerprint density at radius 2 is 1.59 bits per heavy atom. The molecule has 1 unspecified atom stereocenters. The van der Waals surface area contributed by atoms with Crippen molar-refractivity contribution in [2.75, 3.05) is 0 Å². The summed E-state index contributed by atoms with van der Waals surface area (Å²) in [4.78, 5) is 27.5. The summed E-state index contributed by atoms with van der Waals surface area (Å²) in [6.07, 6.45) is 2.97. The van der Waals surface area contributed by atoms with E-state index in [9.17, 15) is 4.79 Å². The maximum Gasteiger partial charge on any atom is 0.373 e. The molecule has 17 heavy (non-hydrogen) atoms. The highest BCUT2D eigenvalue weighted by Crippen LogP contribution is 2.16. The van der Waals surface area contributed by atoms with Gasteiger partial charge in [0.25, 0.3) is 0 Å². The Hall–Kier alpha value is -1.15. The van der Waals surface area contributed by atoms with Gasteiger partial charge in [-0.3, -0.25) is 4.79 Å². The highest BCUT2D eigenvalue weighted by Gasteiger charge is 2.10. The molecule has 0 N–H and O–H groups in total. The number of hydrogen-bond acceptors (Lipinski definition) is 4. The largest absolute Gasteiger partial charge is 0.463 e. The Morgan fingerprint density at radius 1 is 1.12 bits per heavy atom. The predicted octanol–water partition coefficient (Wildman–Crippen LogP) is 2.82. The highest BCUT2D eigenvalue weighted by molar-refractivity contribution is 5.69. The monoisotopic (exact) mass is 244 g/mol. The van der Waals surface area contributed by atoms with Gasteiger partial charge in [-0.1, -0.05) is 20.8 Å². The Bertz CT molecular complexity index is 228. The Morgan fingerprint density at radius 3 is 1.94 bits per heavy atom. The lowest BCUT2D eigenvalue weighted by molar-refractivity contribution is -0.191. The second kappa shape index (κ2) is 11.3. The summed E-state index contributed by atoms with van der Waals surface area (Å²) < 4.78 is 5.07. The van der Waals surface area contributed by atoms with E-state index >= 15 is 0 Å². The second-order valence-corrected chi connectivity index (χ2v) is 4.90. The van der Waals surface area contributed by atoms with Gasteiger partial charge in [-0.25, -0.2) is 0 Å². The van der Waals surface area contributed by atoms with Crippen LogP contribution in [0.4, 0.5) is 0 Å². The molecular weight excluding hydrogens is 220 g/mol. The van der Waals surface area contributed by atoms with Crippen LogP contribution in [-0.4, -0.2) is 18.2 Å². The lowest BCUT2D eigenvalue weighted by Crippen LogP contribution is -2.12. The van der Waals surface area contributed by atoms with E-state index in [1.165, 1.54) is 6.42 Å². The van der Waals surface area contributed by atoms with Gasteiger partial charge >= 0.3 is 12.1 Å². The average molecular weight is 244 g/mol. The summed E-state index contributed by atoms with van der Waals surface area (Å²) >= 11 is 0.